The number of hydrogen-bond donors (Lipinski definition) is 0. The van der Waals surface area contributed by atoms with Crippen LogP contribution in [-0.2, 0) is 0 Å². The van der Waals surface area contributed by atoms with Crippen LogP contribution in [0.3, 0.4) is 0 Å². The van der Waals surface area contributed by atoms with Crippen LogP contribution < -0.4 is 4.90 Å². The smallest absolute Gasteiger partial charge is 0.227 e. The van der Waals surface area contributed by atoms with E-state index in [0.717, 1.165) is 49.3 Å². The Morgan fingerprint density at radius 1 is 1.10 bits per heavy atom. The van der Waals surface area contributed by atoms with E-state index < -0.39 is 0 Å². The van der Waals surface area contributed by atoms with Gasteiger partial charge < -0.3 is 9.80 Å². The molecule has 0 atom stereocenters. The van der Waals surface area contributed by atoms with Crippen molar-refractivity contribution in [2.75, 3.05) is 38.1 Å². The van der Waals surface area contributed by atoms with Gasteiger partial charge in [-0.15, -0.1) is 0 Å². The number of aryl methyl sites for hydroxylation is 2. The molecule has 0 unspecified atom stereocenters. The first kappa shape index (κ1) is 13.1. The number of hydrogen-bond acceptors (Lipinski definition) is 5. The fourth-order valence-corrected chi connectivity index (χ4v) is 2.48. The van der Waals surface area contributed by atoms with Crippen molar-refractivity contribution >= 4 is 5.95 Å². The molecule has 0 bridgehead atoms. The van der Waals surface area contributed by atoms with Crippen molar-refractivity contribution < 1.29 is 0 Å². The molecular weight excluding hydrogens is 252 g/mol. The van der Waals surface area contributed by atoms with E-state index in [1.165, 1.54) is 0 Å². The number of piperazine rings is 1. The maximum atomic E-state index is 4.66. The molecule has 1 aliphatic rings. The maximum absolute atomic E-state index is 4.66. The normalized spacial score (nSPS) is 16.6. The van der Waals surface area contributed by atoms with Crippen LogP contribution in [-0.4, -0.2) is 57.9 Å². The van der Waals surface area contributed by atoms with Crippen molar-refractivity contribution in [2.24, 2.45) is 0 Å². The van der Waals surface area contributed by atoms with Crippen molar-refractivity contribution in [3.05, 3.63) is 29.7 Å². The summed E-state index contributed by atoms with van der Waals surface area (Å²) in [6, 6.07) is 3.96. The zero-order chi connectivity index (χ0) is 14.1. The van der Waals surface area contributed by atoms with Crippen LogP contribution in [0.25, 0.3) is 5.82 Å². The van der Waals surface area contributed by atoms with Crippen LogP contribution in [0.5, 0.6) is 0 Å². The molecule has 0 aromatic carbocycles. The molecule has 6 nitrogen and oxygen atoms in total. The molecule has 0 spiro atoms. The third-order valence-corrected chi connectivity index (χ3v) is 3.64. The summed E-state index contributed by atoms with van der Waals surface area (Å²) in [6.45, 7) is 8.07. The monoisotopic (exact) mass is 272 g/mol. The summed E-state index contributed by atoms with van der Waals surface area (Å²) >= 11 is 0. The molecule has 2 aromatic heterocycles. The molecule has 3 rings (SSSR count). The predicted octanol–water partition coefficient (Wildman–Crippen LogP) is 1.03. The predicted molar refractivity (Wildman–Crippen MR) is 78.3 cm³/mol. The molecule has 0 radical (unpaired) electrons. The summed E-state index contributed by atoms with van der Waals surface area (Å²) in [5.41, 5.74) is 2.09. The summed E-state index contributed by atoms with van der Waals surface area (Å²) in [6.07, 6.45) is 1.81. The number of nitrogens with zero attached hydrogens (tertiary/aromatic N) is 6. The third kappa shape index (κ3) is 2.51. The zero-order valence-corrected chi connectivity index (χ0v) is 12.2. The van der Waals surface area contributed by atoms with Crippen LogP contribution in [0.15, 0.2) is 18.3 Å². The summed E-state index contributed by atoms with van der Waals surface area (Å²) in [4.78, 5) is 13.6. The number of rotatable bonds is 2. The lowest BCUT2D eigenvalue weighted by Gasteiger charge is -2.32. The highest BCUT2D eigenvalue weighted by Crippen LogP contribution is 2.14. The van der Waals surface area contributed by atoms with E-state index in [0.29, 0.717) is 0 Å². The molecule has 20 heavy (non-hydrogen) atoms. The highest BCUT2D eigenvalue weighted by Gasteiger charge is 2.17. The Hall–Kier alpha value is -1.95. The quantitative estimate of drug-likeness (QED) is 0.817. The number of likely N-dealkylation sites (N-methyl/N-ethyl adjacent to an activating group) is 1. The van der Waals surface area contributed by atoms with Crippen LogP contribution >= 0.6 is 0 Å². The Bertz CT molecular complexity index is 597. The van der Waals surface area contributed by atoms with Gasteiger partial charge in [0.05, 0.1) is 5.69 Å². The van der Waals surface area contributed by atoms with Gasteiger partial charge in [-0.05, 0) is 27.0 Å². The lowest BCUT2D eigenvalue weighted by Crippen LogP contribution is -2.45. The van der Waals surface area contributed by atoms with Crippen LogP contribution in [0.4, 0.5) is 5.95 Å². The van der Waals surface area contributed by atoms with Gasteiger partial charge in [-0.1, -0.05) is 0 Å². The van der Waals surface area contributed by atoms with E-state index in [-0.39, 0.29) is 0 Å². The van der Waals surface area contributed by atoms with Gasteiger partial charge in [0.15, 0.2) is 5.82 Å². The molecule has 0 N–H and O–H groups in total. The largest absolute Gasteiger partial charge is 0.338 e. The van der Waals surface area contributed by atoms with Gasteiger partial charge in [-0.2, -0.15) is 10.1 Å². The summed E-state index contributed by atoms with van der Waals surface area (Å²) in [5, 5.41) is 4.48. The van der Waals surface area contributed by atoms with Gasteiger partial charge in [0.1, 0.15) is 0 Å². The first-order valence-electron chi connectivity index (χ1n) is 6.93. The fourth-order valence-electron chi connectivity index (χ4n) is 2.48. The topological polar surface area (TPSA) is 50.1 Å². The zero-order valence-electron chi connectivity index (χ0n) is 12.2. The minimum Gasteiger partial charge on any atom is -0.338 e. The Morgan fingerprint density at radius 3 is 2.50 bits per heavy atom. The molecule has 0 saturated carbocycles. The Labute approximate surface area is 119 Å². The van der Waals surface area contributed by atoms with Gasteiger partial charge in [0, 0.05) is 44.1 Å². The van der Waals surface area contributed by atoms with Crippen LogP contribution in [0.2, 0.25) is 0 Å². The van der Waals surface area contributed by atoms with E-state index in [4.69, 9.17) is 0 Å². The molecule has 0 aliphatic carbocycles. The van der Waals surface area contributed by atoms with Gasteiger partial charge in [-0.25, -0.2) is 9.67 Å². The van der Waals surface area contributed by atoms with Gasteiger partial charge >= 0.3 is 0 Å². The maximum Gasteiger partial charge on any atom is 0.227 e. The number of aromatic nitrogens is 4. The second kappa shape index (κ2) is 5.20. The molecule has 1 fully saturated rings. The van der Waals surface area contributed by atoms with Crippen molar-refractivity contribution in [1.29, 1.82) is 0 Å². The van der Waals surface area contributed by atoms with E-state index in [9.17, 15) is 0 Å². The molecule has 1 saturated heterocycles. The molecule has 1 aliphatic heterocycles. The van der Waals surface area contributed by atoms with E-state index in [1.807, 2.05) is 30.8 Å². The second-order valence-electron chi connectivity index (χ2n) is 5.34. The summed E-state index contributed by atoms with van der Waals surface area (Å²) in [5.74, 6) is 1.63. The first-order chi connectivity index (χ1) is 9.63. The van der Waals surface area contributed by atoms with Crippen molar-refractivity contribution in [3.8, 4) is 5.82 Å². The van der Waals surface area contributed by atoms with Crippen molar-refractivity contribution in [1.82, 2.24) is 24.6 Å². The lowest BCUT2D eigenvalue weighted by molar-refractivity contribution is 0.311. The average molecular weight is 272 g/mol. The average Bonchev–Trinajstić information content (AvgIpc) is 2.79. The van der Waals surface area contributed by atoms with Crippen LogP contribution in [0, 0.1) is 13.8 Å². The molecule has 6 heteroatoms. The van der Waals surface area contributed by atoms with E-state index in [2.05, 4.69) is 38.0 Å². The van der Waals surface area contributed by atoms with E-state index in [1.54, 1.807) is 0 Å². The number of anilines is 1. The standard InChI is InChI=1S/C14H20N6/c1-11-10-12(2)20(17-11)13-4-5-15-14(16-13)19-8-6-18(3)7-9-19/h4-5,10H,6-9H2,1-3H3. The van der Waals surface area contributed by atoms with Crippen molar-refractivity contribution in [2.45, 2.75) is 13.8 Å². The summed E-state index contributed by atoms with van der Waals surface area (Å²) in [7, 11) is 2.14. The Kier molecular flexibility index (Phi) is 3.40. The highest BCUT2D eigenvalue weighted by molar-refractivity contribution is 5.36. The Balaban J connectivity index is 1.88. The van der Waals surface area contributed by atoms with Crippen LogP contribution in [0.1, 0.15) is 11.4 Å². The summed E-state index contributed by atoms with van der Waals surface area (Å²) < 4.78 is 1.87. The minimum absolute atomic E-state index is 0.795. The molecular formula is C14H20N6. The van der Waals surface area contributed by atoms with E-state index >= 15 is 0 Å². The van der Waals surface area contributed by atoms with Crippen molar-refractivity contribution in [3.63, 3.8) is 0 Å². The lowest BCUT2D eigenvalue weighted by atomic mass is 10.3. The first-order valence-corrected chi connectivity index (χ1v) is 6.93. The highest BCUT2D eigenvalue weighted by atomic mass is 15.4. The van der Waals surface area contributed by atoms with Gasteiger partial charge in [0.2, 0.25) is 5.95 Å². The second-order valence-corrected chi connectivity index (χ2v) is 5.34. The minimum atomic E-state index is 0.795. The molecule has 3 heterocycles. The molecule has 106 valence electrons. The third-order valence-electron chi connectivity index (χ3n) is 3.64. The Morgan fingerprint density at radius 2 is 1.85 bits per heavy atom. The molecule has 0 amide bonds. The van der Waals surface area contributed by atoms with Gasteiger partial charge in [-0.3, -0.25) is 0 Å². The SMILES string of the molecule is Cc1cc(C)n(-c2ccnc(N3CCN(C)CC3)n2)n1. The molecule has 2 aromatic rings. The van der Waals surface area contributed by atoms with Gasteiger partial charge in [0.25, 0.3) is 0 Å². The fraction of sp³-hybridized carbons (Fsp3) is 0.500.